The second-order valence-electron chi connectivity index (χ2n) is 6.22. The zero-order valence-corrected chi connectivity index (χ0v) is 16.0. The SMILES string of the molecule is CC(=O)NCCN(Cc1ccc(-c2nc3ccccc3s2)o1)C(C)C(=O)O. The van der Waals surface area contributed by atoms with E-state index < -0.39 is 12.0 Å². The molecule has 7 nitrogen and oxygen atoms in total. The van der Waals surface area contributed by atoms with Gasteiger partial charge >= 0.3 is 5.97 Å². The maximum atomic E-state index is 11.4. The summed E-state index contributed by atoms with van der Waals surface area (Å²) in [4.78, 5) is 28.8. The number of nitrogens with one attached hydrogen (secondary N) is 1. The van der Waals surface area contributed by atoms with Crippen molar-refractivity contribution < 1.29 is 19.1 Å². The van der Waals surface area contributed by atoms with Gasteiger partial charge in [0.1, 0.15) is 11.8 Å². The molecule has 0 saturated heterocycles. The van der Waals surface area contributed by atoms with Gasteiger partial charge in [-0.05, 0) is 31.2 Å². The van der Waals surface area contributed by atoms with Crippen LogP contribution in [0.4, 0.5) is 0 Å². The first-order chi connectivity index (χ1) is 12.9. The summed E-state index contributed by atoms with van der Waals surface area (Å²) < 4.78 is 7.00. The summed E-state index contributed by atoms with van der Waals surface area (Å²) in [6, 6.07) is 10.9. The molecule has 3 aromatic rings. The maximum absolute atomic E-state index is 11.4. The third-order valence-corrected chi connectivity index (χ3v) is 5.25. The number of amides is 1. The molecule has 2 N–H and O–H groups in total. The standard InChI is InChI=1S/C19H21N3O4S/c1-12(19(24)25)22(10-9-20-13(2)23)11-14-7-8-16(26-14)18-21-15-5-3-4-6-17(15)27-18/h3-8,12H,9-11H2,1-2H3,(H,20,23)(H,24,25). The second kappa shape index (κ2) is 8.32. The van der Waals surface area contributed by atoms with E-state index in [0.717, 1.165) is 15.2 Å². The lowest BCUT2D eigenvalue weighted by Crippen LogP contribution is -2.42. The van der Waals surface area contributed by atoms with Crippen molar-refractivity contribution in [3.05, 3.63) is 42.2 Å². The quantitative estimate of drug-likeness (QED) is 0.617. The van der Waals surface area contributed by atoms with Crippen LogP contribution in [0.3, 0.4) is 0 Å². The van der Waals surface area contributed by atoms with Crippen molar-refractivity contribution in [1.29, 1.82) is 0 Å². The van der Waals surface area contributed by atoms with Gasteiger partial charge < -0.3 is 14.8 Å². The zero-order valence-electron chi connectivity index (χ0n) is 15.1. The number of nitrogens with zero attached hydrogens (tertiary/aromatic N) is 2. The van der Waals surface area contributed by atoms with Gasteiger partial charge in [-0.3, -0.25) is 14.5 Å². The molecule has 1 amide bonds. The van der Waals surface area contributed by atoms with Gasteiger partial charge in [0, 0.05) is 20.0 Å². The first-order valence-electron chi connectivity index (χ1n) is 8.60. The predicted octanol–water partition coefficient (Wildman–Crippen LogP) is 2.97. The van der Waals surface area contributed by atoms with Crippen LogP contribution in [0.1, 0.15) is 19.6 Å². The van der Waals surface area contributed by atoms with E-state index in [1.54, 1.807) is 23.2 Å². The third-order valence-electron chi connectivity index (χ3n) is 4.20. The number of rotatable bonds is 8. The Morgan fingerprint density at radius 3 is 2.78 bits per heavy atom. The van der Waals surface area contributed by atoms with Crippen LogP contribution in [0.25, 0.3) is 21.0 Å². The van der Waals surface area contributed by atoms with Gasteiger partial charge in [0.2, 0.25) is 5.91 Å². The number of thiazole rings is 1. The molecule has 1 atom stereocenters. The van der Waals surface area contributed by atoms with Crippen LogP contribution in [0.2, 0.25) is 0 Å². The van der Waals surface area contributed by atoms with E-state index >= 15 is 0 Å². The fourth-order valence-electron chi connectivity index (χ4n) is 2.70. The Morgan fingerprint density at radius 2 is 2.07 bits per heavy atom. The number of carbonyl (C=O) groups is 2. The molecule has 8 heteroatoms. The molecule has 0 saturated carbocycles. The molecule has 0 fully saturated rings. The van der Waals surface area contributed by atoms with E-state index in [4.69, 9.17) is 4.42 Å². The number of para-hydroxylation sites is 1. The second-order valence-corrected chi connectivity index (χ2v) is 7.25. The number of fused-ring (bicyclic) bond motifs is 1. The van der Waals surface area contributed by atoms with E-state index in [2.05, 4.69) is 10.3 Å². The number of carboxylic acid groups (broad SMARTS) is 1. The summed E-state index contributed by atoms with van der Waals surface area (Å²) in [5, 5.41) is 12.8. The fraction of sp³-hybridized carbons (Fsp3) is 0.316. The van der Waals surface area contributed by atoms with Gasteiger partial charge in [-0.2, -0.15) is 0 Å². The Labute approximate surface area is 160 Å². The molecule has 0 aliphatic carbocycles. The Balaban J connectivity index is 1.74. The average molecular weight is 387 g/mol. The van der Waals surface area contributed by atoms with Crippen LogP contribution < -0.4 is 5.32 Å². The summed E-state index contributed by atoms with van der Waals surface area (Å²) in [5.74, 6) is 0.251. The van der Waals surface area contributed by atoms with E-state index in [9.17, 15) is 14.7 Å². The fourth-order valence-corrected chi connectivity index (χ4v) is 3.62. The van der Waals surface area contributed by atoms with Gasteiger partial charge in [0.15, 0.2) is 10.8 Å². The van der Waals surface area contributed by atoms with Crippen LogP contribution in [0.15, 0.2) is 40.8 Å². The molecule has 0 bridgehead atoms. The number of carboxylic acids is 1. The number of hydrogen-bond donors (Lipinski definition) is 2. The number of aliphatic carboxylic acids is 1. The lowest BCUT2D eigenvalue weighted by molar-refractivity contribution is -0.142. The van der Waals surface area contributed by atoms with E-state index in [1.165, 1.54) is 6.92 Å². The molecule has 2 heterocycles. The lowest BCUT2D eigenvalue weighted by atomic mass is 10.2. The van der Waals surface area contributed by atoms with Crippen molar-refractivity contribution >= 4 is 33.4 Å². The lowest BCUT2D eigenvalue weighted by Gasteiger charge is -2.25. The molecule has 2 aromatic heterocycles. The predicted molar refractivity (Wildman–Crippen MR) is 104 cm³/mol. The summed E-state index contributed by atoms with van der Waals surface area (Å²) in [6.45, 7) is 4.16. The Morgan fingerprint density at radius 1 is 1.30 bits per heavy atom. The number of hydrogen-bond acceptors (Lipinski definition) is 6. The summed E-state index contributed by atoms with van der Waals surface area (Å²) in [5.41, 5.74) is 0.923. The first kappa shape index (κ1) is 19.1. The van der Waals surface area contributed by atoms with Gasteiger partial charge in [-0.15, -0.1) is 11.3 Å². The minimum atomic E-state index is -0.921. The molecule has 0 aliphatic rings. The minimum absolute atomic E-state index is 0.144. The highest BCUT2D eigenvalue weighted by Gasteiger charge is 2.22. The van der Waals surface area contributed by atoms with E-state index in [-0.39, 0.29) is 5.91 Å². The highest BCUT2D eigenvalue weighted by atomic mass is 32.1. The van der Waals surface area contributed by atoms with Crippen molar-refractivity contribution in [2.24, 2.45) is 0 Å². The molecule has 0 spiro atoms. The van der Waals surface area contributed by atoms with Crippen molar-refractivity contribution in [2.45, 2.75) is 26.4 Å². The van der Waals surface area contributed by atoms with E-state index in [0.29, 0.717) is 31.2 Å². The van der Waals surface area contributed by atoms with Gasteiger partial charge in [-0.25, -0.2) is 4.98 Å². The van der Waals surface area contributed by atoms with Crippen molar-refractivity contribution in [3.63, 3.8) is 0 Å². The molecular formula is C19H21N3O4S. The van der Waals surface area contributed by atoms with Gasteiger partial charge in [-0.1, -0.05) is 12.1 Å². The van der Waals surface area contributed by atoms with Gasteiger partial charge in [0.25, 0.3) is 0 Å². The van der Waals surface area contributed by atoms with Crippen LogP contribution in [0, 0.1) is 0 Å². The summed E-state index contributed by atoms with van der Waals surface area (Å²) in [6.07, 6.45) is 0. The largest absolute Gasteiger partial charge is 0.480 e. The van der Waals surface area contributed by atoms with Crippen LogP contribution in [-0.4, -0.2) is 46.0 Å². The molecule has 1 aromatic carbocycles. The molecule has 142 valence electrons. The maximum Gasteiger partial charge on any atom is 0.320 e. The summed E-state index contributed by atoms with van der Waals surface area (Å²) >= 11 is 1.55. The monoisotopic (exact) mass is 387 g/mol. The van der Waals surface area contributed by atoms with Gasteiger partial charge in [0.05, 0.1) is 16.8 Å². The number of carbonyl (C=O) groups excluding carboxylic acids is 1. The highest BCUT2D eigenvalue weighted by Crippen LogP contribution is 2.31. The van der Waals surface area contributed by atoms with Crippen molar-refractivity contribution in [3.8, 4) is 10.8 Å². The molecule has 3 rings (SSSR count). The van der Waals surface area contributed by atoms with Crippen LogP contribution in [0.5, 0.6) is 0 Å². The van der Waals surface area contributed by atoms with Crippen molar-refractivity contribution in [2.75, 3.05) is 13.1 Å². The Bertz CT molecular complexity index is 916. The molecule has 27 heavy (non-hydrogen) atoms. The highest BCUT2D eigenvalue weighted by molar-refractivity contribution is 7.21. The summed E-state index contributed by atoms with van der Waals surface area (Å²) in [7, 11) is 0. The van der Waals surface area contributed by atoms with Crippen LogP contribution in [-0.2, 0) is 16.1 Å². The Hall–Kier alpha value is -2.71. The molecule has 1 unspecified atom stereocenters. The average Bonchev–Trinajstić information content (AvgIpc) is 3.26. The first-order valence-corrected chi connectivity index (χ1v) is 9.41. The normalized spacial score (nSPS) is 12.4. The smallest absolute Gasteiger partial charge is 0.320 e. The van der Waals surface area contributed by atoms with E-state index in [1.807, 2.05) is 36.4 Å². The number of furan rings is 1. The number of aromatic nitrogens is 1. The van der Waals surface area contributed by atoms with Crippen LogP contribution >= 0.6 is 11.3 Å². The molecule has 0 aliphatic heterocycles. The topological polar surface area (TPSA) is 95.7 Å². The number of benzene rings is 1. The minimum Gasteiger partial charge on any atom is -0.480 e. The zero-order chi connectivity index (χ0) is 19.4. The molecule has 0 radical (unpaired) electrons. The third kappa shape index (κ3) is 4.72. The molecular weight excluding hydrogens is 366 g/mol. The Kier molecular flexibility index (Phi) is 5.88. The van der Waals surface area contributed by atoms with Crippen molar-refractivity contribution in [1.82, 2.24) is 15.2 Å².